The van der Waals surface area contributed by atoms with Gasteiger partial charge in [-0.25, -0.2) is 19.2 Å². The lowest BCUT2D eigenvalue weighted by Crippen LogP contribution is -2.41. The van der Waals surface area contributed by atoms with E-state index in [1.165, 1.54) is 25.4 Å². The second-order valence-electron chi connectivity index (χ2n) is 7.68. The van der Waals surface area contributed by atoms with Crippen LogP contribution in [0.5, 0.6) is 5.75 Å². The minimum atomic E-state index is -0.673. The number of ether oxygens (including phenoxy) is 2. The van der Waals surface area contributed by atoms with Crippen molar-refractivity contribution in [2.45, 2.75) is 0 Å². The lowest BCUT2D eigenvalue weighted by molar-refractivity contribution is -0.125. The normalized spacial score (nSPS) is 13.3. The van der Waals surface area contributed by atoms with Crippen molar-refractivity contribution in [3.05, 3.63) is 54.5 Å². The van der Waals surface area contributed by atoms with E-state index in [1.54, 1.807) is 35.2 Å². The number of halogens is 1. The molecule has 3 amide bonds. The van der Waals surface area contributed by atoms with E-state index >= 15 is 0 Å². The number of carbonyl (C=O) groups is 2. The summed E-state index contributed by atoms with van der Waals surface area (Å²) in [6.45, 7) is 1.12. The van der Waals surface area contributed by atoms with Gasteiger partial charge < -0.3 is 35.4 Å². The fourth-order valence-corrected chi connectivity index (χ4v) is 3.52. The number of nitrogens with one attached hydrogen (secondary N) is 3. The molecule has 0 bridgehead atoms. The fraction of sp³-hybridized carbons (Fsp3) is 0.250. The zero-order valence-electron chi connectivity index (χ0n) is 19.5. The third-order valence-corrected chi connectivity index (χ3v) is 5.28. The van der Waals surface area contributed by atoms with Gasteiger partial charge in [0.25, 0.3) is 5.91 Å². The van der Waals surface area contributed by atoms with Gasteiger partial charge in [0.2, 0.25) is 0 Å². The molecule has 0 aliphatic carbocycles. The number of hydrogen-bond acceptors (Lipinski definition) is 8. The number of methoxy groups -OCH3 is 1. The van der Waals surface area contributed by atoms with Crippen LogP contribution in [0.2, 0.25) is 0 Å². The molecule has 2 heterocycles. The van der Waals surface area contributed by atoms with Crippen LogP contribution >= 0.6 is 0 Å². The van der Waals surface area contributed by atoms with Crippen molar-refractivity contribution in [2.24, 2.45) is 0 Å². The van der Waals surface area contributed by atoms with Gasteiger partial charge >= 0.3 is 6.03 Å². The third-order valence-electron chi connectivity index (χ3n) is 5.28. The minimum absolute atomic E-state index is 0.0288. The number of morpholine rings is 1. The number of anilines is 4. The number of urea groups is 1. The number of aliphatic hydroxyl groups is 1. The van der Waals surface area contributed by atoms with Gasteiger partial charge in [-0.1, -0.05) is 0 Å². The third kappa shape index (κ3) is 5.85. The summed E-state index contributed by atoms with van der Waals surface area (Å²) in [6.07, 6.45) is 1.44. The molecule has 2 aromatic carbocycles. The molecular weight excluding hydrogens is 471 g/mol. The number of carbonyl (C=O) groups excluding carboxylic acids is 2. The predicted octanol–water partition coefficient (Wildman–Crippen LogP) is 2.70. The molecule has 0 saturated carbocycles. The van der Waals surface area contributed by atoms with Crippen molar-refractivity contribution in [3.63, 3.8) is 0 Å². The number of hydrogen-bond donors (Lipinski definition) is 4. The van der Waals surface area contributed by atoms with E-state index in [0.717, 1.165) is 0 Å². The SMILES string of the molecule is COc1cnc(-c2ccc(NC(=O)Nc3ccc(N4CCOCC4=O)cc3)c(F)c2)nc1NCCO. The molecule has 0 spiro atoms. The summed E-state index contributed by atoms with van der Waals surface area (Å²) in [5.74, 6) is 0.184. The summed E-state index contributed by atoms with van der Waals surface area (Å²) < 4.78 is 25.1. The Labute approximate surface area is 206 Å². The van der Waals surface area contributed by atoms with Gasteiger partial charge in [0, 0.05) is 30.0 Å². The van der Waals surface area contributed by atoms with Gasteiger partial charge in [0.05, 0.1) is 32.2 Å². The maximum atomic E-state index is 14.8. The molecule has 0 unspecified atom stereocenters. The quantitative estimate of drug-likeness (QED) is 0.374. The molecule has 4 N–H and O–H groups in total. The van der Waals surface area contributed by atoms with Gasteiger partial charge in [0.1, 0.15) is 12.4 Å². The van der Waals surface area contributed by atoms with Gasteiger partial charge in [-0.3, -0.25) is 4.79 Å². The smallest absolute Gasteiger partial charge is 0.323 e. The maximum Gasteiger partial charge on any atom is 0.323 e. The van der Waals surface area contributed by atoms with E-state index in [-0.39, 0.29) is 37.2 Å². The van der Waals surface area contributed by atoms with Gasteiger partial charge in [0.15, 0.2) is 17.4 Å². The summed E-state index contributed by atoms with van der Waals surface area (Å²) in [5.41, 5.74) is 1.54. The molecule has 1 fully saturated rings. The number of aliphatic hydroxyl groups excluding tert-OH is 1. The van der Waals surface area contributed by atoms with Crippen molar-refractivity contribution in [3.8, 4) is 17.1 Å². The molecule has 188 valence electrons. The van der Waals surface area contributed by atoms with Crippen molar-refractivity contribution < 1.29 is 28.6 Å². The molecule has 4 rings (SSSR count). The van der Waals surface area contributed by atoms with Crippen LogP contribution in [-0.2, 0) is 9.53 Å². The lowest BCUT2D eigenvalue weighted by atomic mass is 10.2. The average molecular weight is 496 g/mol. The summed E-state index contributed by atoms with van der Waals surface area (Å²) in [4.78, 5) is 34.5. The van der Waals surface area contributed by atoms with Crippen molar-refractivity contribution in [2.75, 3.05) is 60.9 Å². The lowest BCUT2D eigenvalue weighted by Gasteiger charge is -2.26. The first-order valence-electron chi connectivity index (χ1n) is 11.1. The number of rotatable bonds is 8. The standard InChI is InChI=1S/C24H25FN6O5/c1-35-20-13-27-22(30-23(20)26-8-10-32)15-2-7-19(18(25)12-15)29-24(34)28-16-3-5-17(6-4-16)31-9-11-36-14-21(31)33/h2-7,12-13,32H,8-11,14H2,1H3,(H,26,27,30)(H2,28,29,34). The number of aromatic nitrogens is 2. The first-order valence-corrected chi connectivity index (χ1v) is 11.1. The van der Waals surface area contributed by atoms with Crippen LogP contribution in [0.25, 0.3) is 11.4 Å². The maximum absolute atomic E-state index is 14.8. The highest BCUT2D eigenvalue weighted by Gasteiger charge is 2.20. The van der Waals surface area contributed by atoms with E-state index in [9.17, 15) is 14.0 Å². The second kappa shape index (κ2) is 11.4. The Morgan fingerprint density at radius 3 is 2.72 bits per heavy atom. The Morgan fingerprint density at radius 2 is 2.03 bits per heavy atom. The molecule has 36 heavy (non-hydrogen) atoms. The summed E-state index contributed by atoms with van der Waals surface area (Å²) in [5, 5.41) is 17.1. The molecule has 1 aliphatic heterocycles. The molecule has 1 aliphatic rings. The largest absolute Gasteiger partial charge is 0.491 e. The Balaban J connectivity index is 1.41. The van der Waals surface area contributed by atoms with E-state index in [0.29, 0.717) is 41.7 Å². The van der Waals surface area contributed by atoms with Gasteiger partial charge in [-0.05, 0) is 42.5 Å². The second-order valence-corrected chi connectivity index (χ2v) is 7.68. The molecule has 0 atom stereocenters. The molecular formula is C24H25FN6O5. The van der Waals surface area contributed by atoms with E-state index in [1.807, 2.05) is 0 Å². The number of nitrogens with zero attached hydrogens (tertiary/aromatic N) is 3. The summed E-state index contributed by atoms with van der Waals surface area (Å²) >= 11 is 0. The summed E-state index contributed by atoms with van der Waals surface area (Å²) in [6, 6.07) is 10.3. The molecule has 12 heteroatoms. The Kier molecular flexibility index (Phi) is 7.88. The van der Waals surface area contributed by atoms with Crippen LogP contribution in [0.4, 0.5) is 32.1 Å². The van der Waals surface area contributed by atoms with Crippen molar-refractivity contribution >= 4 is 34.8 Å². The first-order chi connectivity index (χ1) is 17.5. The van der Waals surface area contributed by atoms with Crippen LogP contribution in [0.15, 0.2) is 48.7 Å². The highest BCUT2D eigenvalue weighted by atomic mass is 19.1. The van der Waals surface area contributed by atoms with Crippen LogP contribution in [-0.4, -0.2) is 67.0 Å². The molecule has 3 aromatic rings. The minimum Gasteiger partial charge on any atom is -0.491 e. The molecule has 1 saturated heterocycles. The highest BCUT2D eigenvalue weighted by Crippen LogP contribution is 2.27. The number of amides is 3. The van der Waals surface area contributed by atoms with Gasteiger partial charge in [-0.2, -0.15) is 0 Å². The zero-order valence-corrected chi connectivity index (χ0v) is 19.5. The van der Waals surface area contributed by atoms with Crippen molar-refractivity contribution in [1.29, 1.82) is 0 Å². The van der Waals surface area contributed by atoms with E-state index in [2.05, 4.69) is 25.9 Å². The Bertz CT molecular complexity index is 1240. The molecule has 0 radical (unpaired) electrons. The topological polar surface area (TPSA) is 138 Å². The van der Waals surface area contributed by atoms with E-state index < -0.39 is 11.8 Å². The van der Waals surface area contributed by atoms with Gasteiger partial charge in [-0.15, -0.1) is 0 Å². The van der Waals surface area contributed by atoms with Crippen LogP contribution in [0.1, 0.15) is 0 Å². The number of benzene rings is 2. The Morgan fingerprint density at radius 1 is 1.22 bits per heavy atom. The monoisotopic (exact) mass is 496 g/mol. The average Bonchev–Trinajstić information content (AvgIpc) is 2.89. The predicted molar refractivity (Wildman–Crippen MR) is 132 cm³/mol. The van der Waals surface area contributed by atoms with Crippen LogP contribution < -0.4 is 25.6 Å². The fourth-order valence-electron chi connectivity index (χ4n) is 3.52. The highest BCUT2D eigenvalue weighted by molar-refractivity contribution is 6.00. The van der Waals surface area contributed by atoms with Crippen molar-refractivity contribution in [1.82, 2.24) is 9.97 Å². The first kappa shape index (κ1) is 24.8. The Hall–Kier alpha value is -4.29. The summed E-state index contributed by atoms with van der Waals surface area (Å²) in [7, 11) is 1.47. The van der Waals surface area contributed by atoms with Crippen LogP contribution in [0.3, 0.4) is 0 Å². The zero-order chi connectivity index (χ0) is 25.5. The van der Waals surface area contributed by atoms with E-state index in [4.69, 9.17) is 14.6 Å². The van der Waals surface area contributed by atoms with Crippen LogP contribution in [0, 0.1) is 5.82 Å². The molecule has 1 aromatic heterocycles. The molecule has 11 nitrogen and oxygen atoms in total.